The highest BCUT2D eigenvalue weighted by Gasteiger charge is 2.27. The normalized spacial score (nSPS) is 12.9. The van der Waals surface area contributed by atoms with Gasteiger partial charge in [0, 0.05) is 49.3 Å². The molecule has 2 atom stereocenters. The van der Waals surface area contributed by atoms with E-state index in [1.54, 1.807) is 12.1 Å². The van der Waals surface area contributed by atoms with E-state index >= 15 is 0 Å². The van der Waals surface area contributed by atoms with E-state index in [9.17, 15) is 9.59 Å². The molecule has 0 saturated carbocycles. The summed E-state index contributed by atoms with van der Waals surface area (Å²) in [7, 11) is 4.02. The number of carbonyl (C=O) groups excluding carboxylic acids is 2. The standard InChI is InChI=1S/C28H32N4O3/c1-18(2)26(31-27(33)25-10-7-15-35-25)28(34)30-16-22(19-11-13-20(14-12-19)32(3)4)23-17-29-24-9-6-5-8-21(23)24/h5-15,17-18,22,26,29H,16H2,1-4H3,(H,30,34)(H,31,33). The van der Waals surface area contributed by atoms with E-state index in [1.165, 1.54) is 6.26 Å². The van der Waals surface area contributed by atoms with Crippen molar-refractivity contribution < 1.29 is 14.0 Å². The molecular weight excluding hydrogens is 440 g/mol. The second-order valence-electron chi connectivity index (χ2n) is 9.25. The van der Waals surface area contributed by atoms with Gasteiger partial charge >= 0.3 is 0 Å². The van der Waals surface area contributed by atoms with Crippen molar-refractivity contribution in [2.24, 2.45) is 5.92 Å². The first-order valence-electron chi connectivity index (χ1n) is 11.8. The van der Waals surface area contributed by atoms with Gasteiger partial charge in [0.2, 0.25) is 5.91 Å². The van der Waals surface area contributed by atoms with Crippen molar-refractivity contribution in [1.29, 1.82) is 0 Å². The number of nitrogens with zero attached hydrogens (tertiary/aromatic N) is 1. The first-order valence-corrected chi connectivity index (χ1v) is 11.8. The molecule has 35 heavy (non-hydrogen) atoms. The van der Waals surface area contributed by atoms with Crippen LogP contribution >= 0.6 is 0 Å². The highest BCUT2D eigenvalue weighted by atomic mass is 16.3. The number of aromatic nitrogens is 1. The van der Waals surface area contributed by atoms with E-state index in [4.69, 9.17) is 4.42 Å². The predicted octanol–water partition coefficient (Wildman–Crippen LogP) is 4.53. The van der Waals surface area contributed by atoms with Crippen LogP contribution in [0.15, 0.2) is 77.5 Å². The molecule has 2 aromatic carbocycles. The van der Waals surface area contributed by atoms with Crippen molar-refractivity contribution in [1.82, 2.24) is 15.6 Å². The van der Waals surface area contributed by atoms with Gasteiger partial charge in [-0.2, -0.15) is 0 Å². The van der Waals surface area contributed by atoms with E-state index < -0.39 is 11.9 Å². The summed E-state index contributed by atoms with van der Waals surface area (Å²) in [6.45, 7) is 4.20. The Morgan fingerprint density at radius 2 is 1.74 bits per heavy atom. The minimum absolute atomic E-state index is 0.0695. The van der Waals surface area contributed by atoms with Crippen molar-refractivity contribution in [2.45, 2.75) is 25.8 Å². The van der Waals surface area contributed by atoms with Crippen LogP contribution in [0.25, 0.3) is 10.9 Å². The first-order chi connectivity index (χ1) is 16.8. The molecule has 0 aliphatic carbocycles. The van der Waals surface area contributed by atoms with Crippen LogP contribution in [-0.4, -0.2) is 43.5 Å². The zero-order valence-electron chi connectivity index (χ0n) is 20.5. The Morgan fingerprint density at radius 1 is 1.00 bits per heavy atom. The van der Waals surface area contributed by atoms with Crippen LogP contribution in [0.2, 0.25) is 0 Å². The number of furan rings is 1. The van der Waals surface area contributed by atoms with Crippen LogP contribution in [-0.2, 0) is 4.79 Å². The molecule has 2 aromatic heterocycles. The minimum atomic E-state index is -0.688. The molecule has 0 radical (unpaired) electrons. The third-order valence-corrected chi connectivity index (χ3v) is 6.27. The smallest absolute Gasteiger partial charge is 0.287 e. The van der Waals surface area contributed by atoms with E-state index in [2.05, 4.69) is 50.8 Å². The Hall–Kier alpha value is -4.00. The summed E-state index contributed by atoms with van der Waals surface area (Å²) in [5, 5.41) is 7.03. The van der Waals surface area contributed by atoms with Crippen LogP contribution < -0.4 is 15.5 Å². The number of hydrogen-bond acceptors (Lipinski definition) is 4. The van der Waals surface area contributed by atoms with E-state index in [1.807, 2.05) is 52.3 Å². The van der Waals surface area contributed by atoms with Gasteiger partial charge in [0.05, 0.1) is 6.26 Å². The van der Waals surface area contributed by atoms with Crippen LogP contribution in [0, 0.1) is 5.92 Å². The second kappa shape index (κ2) is 10.5. The fourth-order valence-corrected chi connectivity index (χ4v) is 4.26. The van der Waals surface area contributed by atoms with E-state index in [0.29, 0.717) is 6.54 Å². The van der Waals surface area contributed by atoms with Crippen molar-refractivity contribution in [3.63, 3.8) is 0 Å². The number of amides is 2. The first kappa shape index (κ1) is 24.1. The number of para-hydroxylation sites is 1. The summed E-state index contributed by atoms with van der Waals surface area (Å²) in [6, 6.07) is 19.1. The SMILES string of the molecule is CC(C)C(NC(=O)c1ccco1)C(=O)NCC(c1ccc(N(C)C)cc1)c1c[nH]c2ccccc12. The summed E-state index contributed by atoms with van der Waals surface area (Å²) >= 11 is 0. The zero-order chi connectivity index (χ0) is 24.9. The number of rotatable bonds is 9. The number of hydrogen-bond donors (Lipinski definition) is 3. The van der Waals surface area contributed by atoms with Crippen LogP contribution in [0.3, 0.4) is 0 Å². The Labute approximate surface area is 205 Å². The number of benzene rings is 2. The van der Waals surface area contributed by atoms with Gasteiger partial charge in [0.1, 0.15) is 6.04 Å². The maximum Gasteiger partial charge on any atom is 0.287 e. The lowest BCUT2D eigenvalue weighted by atomic mass is 9.90. The number of carbonyl (C=O) groups is 2. The largest absolute Gasteiger partial charge is 0.459 e. The summed E-state index contributed by atoms with van der Waals surface area (Å²) < 4.78 is 5.18. The lowest BCUT2D eigenvalue weighted by Gasteiger charge is -2.24. The number of aromatic amines is 1. The van der Waals surface area contributed by atoms with Crippen molar-refractivity contribution in [3.8, 4) is 0 Å². The van der Waals surface area contributed by atoms with E-state index in [-0.39, 0.29) is 23.5 Å². The maximum absolute atomic E-state index is 13.2. The summed E-state index contributed by atoms with van der Waals surface area (Å²) in [5.74, 6) is -0.619. The molecule has 0 aliphatic rings. The van der Waals surface area contributed by atoms with Gasteiger partial charge in [-0.3, -0.25) is 9.59 Å². The van der Waals surface area contributed by atoms with Gasteiger partial charge in [-0.1, -0.05) is 44.2 Å². The monoisotopic (exact) mass is 472 g/mol. The van der Waals surface area contributed by atoms with Crippen molar-refractivity contribution in [2.75, 3.05) is 25.5 Å². The number of fused-ring (bicyclic) bond motifs is 1. The summed E-state index contributed by atoms with van der Waals surface area (Å²) in [4.78, 5) is 31.1. The molecule has 7 heteroatoms. The van der Waals surface area contributed by atoms with Gasteiger partial charge in [0.15, 0.2) is 5.76 Å². The molecule has 4 aromatic rings. The lowest BCUT2D eigenvalue weighted by Crippen LogP contribution is -2.50. The summed E-state index contributed by atoms with van der Waals surface area (Å²) in [6.07, 6.45) is 3.45. The zero-order valence-corrected chi connectivity index (χ0v) is 20.5. The number of H-pyrrole nitrogens is 1. The van der Waals surface area contributed by atoms with Crippen molar-refractivity contribution in [3.05, 3.63) is 90.0 Å². The van der Waals surface area contributed by atoms with E-state index in [0.717, 1.165) is 27.7 Å². The molecule has 182 valence electrons. The highest BCUT2D eigenvalue weighted by Crippen LogP contribution is 2.31. The van der Waals surface area contributed by atoms with Gasteiger partial charge in [-0.05, 0) is 47.4 Å². The molecule has 3 N–H and O–H groups in total. The fourth-order valence-electron chi connectivity index (χ4n) is 4.26. The molecule has 0 bridgehead atoms. The maximum atomic E-state index is 13.2. The van der Waals surface area contributed by atoms with Crippen molar-refractivity contribution >= 4 is 28.4 Å². The Kier molecular flexibility index (Phi) is 7.25. The topological polar surface area (TPSA) is 90.4 Å². The summed E-state index contributed by atoms with van der Waals surface area (Å²) in [5.41, 5.74) is 4.37. The Balaban J connectivity index is 1.58. The van der Waals surface area contributed by atoms with Crippen LogP contribution in [0.1, 0.15) is 41.4 Å². The number of anilines is 1. The molecule has 2 amide bonds. The van der Waals surface area contributed by atoms with Gasteiger partial charge in [-0.25, -0.2) is 0 Å². The molecular formula is C28H32N4O3. The highest BCUT2D eigenvalue weighted by molar-refractivity contribution is 5.95. The van der Waals surface area contributed by atoms with Crippen LogP contribution in [0.5, 0.6) is 0 Å². The molecule has 7 nitrogen and oxygen atoms in total. The lowest BCUT2D eigenvalue weighted by molar-refractivity contribution is -0.123. The van der Waals surface area contributed by atoms with Crippen LogP contribution in [0.4, 0.5) is 5.69 Å². The minimum Gasteiger partial charge on any atom is -0.459 e. The second-order valence-corrected chi connectivity index (χ2v) is 9.25. The molecule has 0 aliphatic heterocycles. The van der Waals surface area contributed by atoms with Gasteiger partial charge in [0.25, 0.3) is 5.91 Å². The third-order valence-electron chi connectivity index (χ3n) is 6.27. The molecule has 2 heterocycles. The molecule has 2 unspecified atom stereocenters. The molecule has 0 fully saturated rings. The Bertz CT molecular complexity index is 1270. The fraction of sp³-hybridized carbons (Fsp3) is 0.286. The molecule has 4 rings (SSSR count). The van der Waals surface area contributed by atoms with Gasteiger partial charge < -0.3 is 24.9 Å². The average molecular weight is 473 g/mol. The molecule has 0 saturated heterocycles. The van der Waals surface area contributed by atoms with Gasteiger partial charge in [-0.15, -0.1) is 0 Å². The Morgan fingerprint density at radius 3 is 2.40 bits per heavy atom. The quantitative estimate of drug-likeness (QED) is 0.334. The number of nitrogens with one attached hydrogen (secondary N) is 3. The average Bonchev–Trinajstić information content (AvgIpc) is 3.53. The third kappa shape index (κ3) is 5.40. The predicted molar refractivity (Wildman–Crippen MR) is 139 cm³/mol. The molecule has 0 spiro atoms.